The van der Waals surface area contributed by atoms with E-state index >= 15 is 0 Å². The first-order chi connectivity index (χ1) is 11.7. The third kappa shape index (κ3) is 3.25. The Morgan fingerprint density at radius 3 is 2.54 bits per heavy atom. The van der Waals surface area contributed by atoms with Crippen molar-refractivity contribution in [3.8, 4) is 5.75 Å². The highest BCUT2D eigenvalue weighted by Crippen LogP contribution is 2.30. The molecule has 2 aromatic carbocycles. The number of rotatable bonds is 6. The van der Waals surface area contributed by atoms with Gasteiger partial charge in [-0.25, -0.2) is 4.98 Å². The number of carbonyl (C=O) groups is 2. The molecular formula is C19H16N2O3. The van der Waals surface area contributed by atoms with Gasteiger partial charge in [-0.3, -0.25) is 4.79 Å². The molecule has 3 rings (SSSR count). The van der Waals surface area contributed by atoms with Gasteiger partial charge < -0.3 is 15.3 Å². The number of primary amides is 1. The zero-order valence-electron chi connectivity index (χ0n) is 12.9. The molecule has 2 N–H and O–H groups in total. The zero-order chi connectivity index (χ0) is 16.9. The molecule has 0 spiro atoms. The minimum atomic E-state index is -0.605. The van der Waals surface area contributed by atoms with Crippen molar-refractivity contribution in [2.45, 2.75) is 13.0 Å². The van der Waals surface area contributed by atoms with Gasteiger partial charge in [0.15, 0.2) is 0 Å². The Bertz CT molecular complexity index is 892. The lowest BCUT2D eigenvalue weighted by atomic mass is 10.1. The number of pyridine rings is 1. The zero-order valence-corrected chi connectivity index (χ0v) is 12.9. The van der Waals surface area contributed by atoms with Gasteiger partial charge in [-0.1, -0.05) is 48.5 Å². The summed E-state index contributed by atoms with van der Waals surface area (Å²) < 4.78 is 5.95. The van der Waals surface area contributed by atoms with E-state index in [0.29, 0.717) is 17.9 Å². The van der Waals surface area contributed by atoms with Crippen molar-refractivity contribution >= 4 is 23.1 Å². The fourth-order valence-electron chi connectivity index (χ4n) is 2.48. The summed E-state index contributed by atoms with van der Waals surface area (Å²) in [5.41, 5.74) is 7.73. The van der Waals surface area contributed by atoms with Crippen LogP contribution >= 0.6 is 0 Å². The lowest BCUT2D eigenvalue weighted by Crippen LogP contribution is -2.13. The fourth-order valence-corrected chi connectivity index (χ4v) is 2.48. The Morgan fingerprint density at radius 1 is 1.08 bits per heavy atom. The minimum absolute atomic E-state index is 0.162. The molecule has 0 aliphatic heterocycles. The second-order valence-electron chi connectivity index (χ2n) is 5.33. The quantitative estimate of drug-likeness (QED) is 0.708. The van der Waals surface area contributed by atoms with Crippen LogP contribution in [0.2, 0.25) is 0 Å². The molecule has 1 heterocycles. The lowest BCUT2D eigenvalue weighted by Gasteiger charge is -2.13. The van der Waals surface area contributed by atoms with Gasteiger partial charge in [0.05, 0.1) is 0 Å². The summed E-state index contributed by atoms with van der Waals surface area (Å²) in [6.45, 7) is 0.342. The molecule has 0 aliphatic rings. The molecule has 3 aromatic rings. The van der Waals surface area contributed by atoms with E-state index in [-0.39, 0.29) is 12.1 Å². The van der Waals surface area contributed by atoms with Crippen molar-refractivity contribution in [2.24, 2.45) is 5.73 Å². The number of fused-ring (bicyclic) bond motifs is 1. The molecule has 0 aliphatic carbocycles. The molecular weight excluding hydrogens is 304 g/mol. The van der Waals surface area contributed by atoms with E-state index in [9.17, 15) is 9.59 Å². The van der Waals surface area contributed by atoms with Crippen molar-refractivity contribution in [1.29, 1.82) is 0 Å². The molecule has 1 amide bonds. The van der Waals surface area contributed by atoms with Crippen LogP contribution in [0.25, 0.3) is 10.9 Å². The molecule has 5 heteroatoms. The number of aromatic nitrogens is 1. The van der Waals surface area contributed by atoms with Gasteiger partial charge in [-0.15, -0.1) is 0 Å². The number of nitrogens with zero attached hydrogens (tertiary/aromatic N) is 1. The largest absolute Gasteiger partial charge is 0.486 e. The topological polar surface area (TPSA) is 82.3 Å². The molecule has 0 unspecified atom stereocenters. The van der Waals surface area contributed by atoms with Crippen LogP contribution in [0.15, 0.2) is 54.6 Å². The van der Waals surface area contributed by atoms with Gasteiger partial charge >= 0.3 is 0 Å². The van der Waals surface area contributed by atoms with Crippen LogP contribution in [0.3, 0.4) is 0 Å². The number of carbonyl (C=O) groups excluding carboxylic acids is 2. The van der Waals surface area contributed by atoms with E-state index in [4.69, 9.17) is 10.5 Å². The second kappa shape index (κ2) is 6.91. The van der Waals surface area contributed by atoms with Gasteiger partial charge in [-0.05, 0) is 11.6 Å². The van der Waals surface area contributed by atoms with E-state index in [0.717, 1.165) is 22.8 Å². The molecule has 0 radical (unpaired) electrons. The maximum absolute atomic E-state index is 11.4. The smallest absolute Gasteiger partial charge is 0.267 e. The van der Waals surface area contributed by atoms with E-state index in [1.807, 2.05) is 42.5 Å². The van der Waals surface area contributed by atoms with Crippen LogP contribution in [-0.4, -0.2) is 17.2 Å². The van der Waals surface area contributed by atoms with E-state index in [1.165, 1.54) is 0 Å². The van der Waals surface area contributed by atoms with E-state index in [2.05, 4.69) is 4.98 Å². The third-order valence-electron chi connectivity index (χ3n) is 3.68. The summed E-state index contributed by atoms with van der Waals surface area (Å²) in [6, 6.07) is 16.7. The molecule has 0 saturated carbocycles. The maximum Gasteiger partial charge on any atom is 0.267 e. The fraction of sp³-hybridized carbons (Fsp3) is 0.105. The number of hydrogen-bond donors (Lipinski definition) is 1. The number of nitrogens with two attached hydrogens (primary N) is 1. The van der Waals surface area contributed by atoms with Gasteiger partial charge in [0.25, 0.3) is 5.91 Å². The van der Waals surface area contributed by atoms with Gasteiger partial charge in [0.1, 0.15) is 29.9 Å². The summed E-state index contributed by atoms with van der Waals surface area (Å²) in [4.78, 5) is 26.7. The lowest BCUT2D eigenvalue weighted by molar-refractivity contribution is -0.107. The van der Waals surface area contributed by atoms with Gasteiger partial charge in [-0.2, -0.15) is 0 Å². The molecule has 1 aromatic heterocycles. The Morgan fingerprint density at radius 2 is 1.83 bits per heavy atom. The summed E-state index contributed by atoms with van der Waals surface area (Å²) in [6.07, 6.45) is 1.02. The first-order valence-electron chi connectivity index (χ1n) is 7.52. The average molecular weight is 320 g/mol. The molecule has 120 valence electrons. The SMILES string of the molecule is NC(=O)c1ccc2ccc(CC=O)c(OCc3ccccc3)c2n1. The third-order valence-corrected chi connectivity index (χ3v) is 3.68. The van der Waals surface area contributed by atoms with Crippen LogP contribution in [0, 0.1) is 0 Å². The highest BCUT2D eigenvalue weighted by atomic mass is 16.5. The number of aldehydes is 1. The van der Waals surface area contributed by atoms with Crippen molar-refractivity contribution in [3.05, 3.63) is 71.4 Å². The minimum Gasteiger partial charge on any atom is -0.486 e. The number of benzene rings is 2. The van der Waals surface area contributed by atoms with Crippen molar-refractivity contribution < 1.29 is 14.3 Å². The molecule has 0 fully saturated rings. The average Bonchev–Trinajstić information content (AvgIpc) is 2.61. The van der Waals surface area contributed by atoms with Crippen LogP contribution in [0.4, 0.5) is 0 Å². The Hall–Kier alpha value is -3.21. The van der Waals surface area contributed by atoms with Crippen molar-refractivity contribution in [3.63, 3.8) is 0 Å². The maximum atomic E-state index is 11.4. The standard InChI is InChI=1S/C19H16N2O3/c20-19(23)16-9-8-14-6-7-15(10-11-22)18(17(14)21-16)24-12-13-4-2-1-3-5-13/h1-9,11H,10,12H2,(H2,20,23). The van der Waals surface area contributed by atoms with Crippen molar-refractivity contribution in [2.75, 3.05) is 0 Å². The Balaban J connectivity index is 2.06. The number of hydrogen-bond acceptors (Lipinski definition) is 4. The summed E-state index contributed by atoms with van der Waals surface area (Å²) in [7, 11) is 0. The van der Waals surface area contributed by atoms with Crippen LogP contribution in [0.1, 0.15) is 21.6 Å². The van der Waals surface area contributed by atoms with Gasteiger partial charge in [0.2, 0.25) is 0 Å². The molecule has 24 heavy (non-hydrogen) atoms. The first-order valence-corrected chi connectivity index (χ1v) is 7.52. The summed E-state index contributed by atoms with van der Waals surface area (Å²) in [5, 5.41) is 0.817. The predicted molar refractivity (Wildman–Crippen MR) is 90.8 cm³/mol. The summed E-state index contributed by atoms with van der Waals surface area (Å²) in [5.74, 6) is -0.0988. The first kappa shape index (κ1) is 15.7. The van der Waals surface area contributed by atoms with Gasteiger partial charge in [0, 0.05) is 17.4 Å². The van der Waals surface area contributed by atoms with Crippen LogP contribution in [0.5, 0.6) is 5.75 Å². The highest BCUT2D eigenvalue weighted by molar-refractivity contribution is 5.95. The Kier molecular flexibility index (Phi) is 4.52. The highest BCUT2D eigenvalue weighted by Gasteiger charge is 2.13. The molecule has 5 nitrogen and oxygen atoms in total. The predicted octanol–water partition coefficient (Wildman–Crippen LogP) is 2.65. The second-order valence-corrected chi connectivity index (χ2v) is 5.33. The van der Waals surface area contributed by atoms with Crippen LogP contribution < -0.4 is 10.5 Å². The Labute approximate surface area is 139 Å². The normalized spacial score (nSPS) is 10.5. The number of ether oxygens (including phenoxy) is 1. The van der Waals surface area contributed by atoms with Crippen LogP contribution in [-0.2, 0) is 17.8 Å². The molecule has 0 saturated heterocycles. The molecule has 0 bridgehead atoms. The summed E-state index contributed by atoms with van der Waals surface area (Å²) >= 11 is 0. The monoisotopic (exact) mass is 320 g/mol. The number of amides is 1. The molecule has 0 atom stereocenters. The van der Waals surface area contributed by atoms with E-state index in [1.54, 1.807) is 12.1 Å². The van der Waals surface area contributed by atoms with E-state index < -0.39 is 5.91 Å². The van der Waals surface area contributed by atoms with Crippen molar-refractivity contribution in [1.82, 2.24) is 4.98 Å².